The molecule has 0 unspecified atom stereocenters. The third kappa shape index (κ3) is 4.87. The van der Waals surface area contributed by atoms with E-state index in [0.29, 0.717) is 5.69 Å². The first-order chi connectivity index (χ1) is 7.99. The molecule has 0 aromatic heterocycles. The minimum atomic E-state index is -0.660. The van der Waals surface area contributed by atoms with Crippen LogP contribution in [0.2, 0.25) is 0 Å². The first kappa shape index (κ1) is 13.5. The van der Waals surface area contributed by atoms with Crippen LogP contribution in [0.1, 0.15) is 19.4 Å². The van der Waals surface area contributed by atoms with Gasteiger partial charge >= 0.3 is 6.09 Å². The number of nitrogens with one attached hydrogen (secondary N) is 1. The maximum atomic E-state index is 11.3. The van der Waals surface area contributed by atoms with Gasteiger partial charge in [-0.15, -0.1) is 0 Å². The van der Waals surface area contributed by atoms with E-state index in [1.807, 2.05) is 32.9 Å². The highest BCUT2D eigenvalue weighted by Crippen LogP contribution is 2.09. The van der Waals surface area contributed by atoms with E-state index in [0.717, 1.165) is 5.56 Å². The maximum Gasteiger partial charge on any atom is 0.437 e. The van der Waals surface area contributed by atoms with E-state index in [1.54, 1.807) is 12.1 Å². The molecule has 0 radical (unpaired) electrons. The van der Waals surface area contributed by atoms with E-state index < -0.39 is 6.09 Å². The number of benzene rings is 1. The van der Waals surface area contributed by atoms with Crippen LogP contribution in [0, 0.1) is 12.8 Å². The molecular formula is C12H15ClN2O2. The molecule has 1 N–H and O–H groups in total. The Balaban J connectivity index is 2.50. The van der Waals surface area contributed by atoms with Crippen LogP contribution in [0.5, 0.6) is 0 Å². The van der Waals surface area contributed by atoms with Gasteiger partial charge in [-0.05, 0) is 19.1 Å². The highest BCUT2D eigenvalue weighted by atomic mass is 35.5. The number of nitrogens with zero attached hydrogens (tertiary/aromatic N) is 1. The van der Waals surface area contributed by atoms with Gasteiger partial charge in [0.05, 0.1) is 0 Å². The van der Waals surface area contributed by atoms with Gasteiger partial charge in [0.15, 0.2) is 0 Å². The van der Waals surface area contributed by atoms with E-state index in [4.69, 9.17) is 11.6 Å². The van der Waals surface area contributed by atoms with Crippen LogP contribution < -0.4 is 5.32 Å². The van der Waals surface area contributed by atoms with Gasteiger partial charge in [-0.25, -0.2) is 4.79 Å². The van der Waals surface area contributed by atoms with Crippen molar-refractivity contribution >= 4 is 28.6 Å². The van der Waals surface area contributed by atoms with E-state index in [1.165, 1.54) is 0 Å². The molecule has 0 spiro atoms. The zero-order valence-electron chi connectivity index (χ0n) is 10.0. The summed E-state index contributed by atoms with van der Waals surface area (Å²) < 4.78 is 0. The van der Waals surface area contributed by atoms with E-state index in [9.17, 15) is 4.79 Å². The number of carbonyl (C=O) groups excluding carboxylic acids is 1. The summed E-state index contributed by atoms with van der Waals surface area (Å²) in [6.07, 6.45) is -0.660. The second-order valence-corrected chi connectivity index (χ2v) is 4.33. The molecule has 0 aliphatic rings. The molecule has 0 saturated carbocycles. The van der Waals surface area contributed by atoms with Crippen LogP contribution in [-0.4, -0.2) is 11.3 Å². The summed E-state index contributed by atoms with van der Waals surface area (Å²) >= 11 is 5.73. The molecule has 4 nitrogen and oxygen atoms in total. The molecule has 1 rings (SSSR count). The highest BCUT2D eigenvalue weighted by Gasteiger charge is 2.05. The standard InChI is InChI=1S/C12H15ClN2O2/c1-8(2)11(13)15-17-12(16)14-10-6-4-9(3)5-7-10/h4-8H,1-3H3,(H,14,16). The number of oxime groups is 1. The van der Waals surface area contributed by atoms with Crippen LogP contribution in [0.3, 0.4) is 0 Å². The summed E-state index contributed by atoms with van der Waals surface area (Å²) in [6, 6.07) is 7.34. The lowest BCUT2D eigenvalue weighted by Gasteiger charge is -2.04. The summed E-state index contributed by atoms with van der Waals surface area (Å²) in [5.74, 6) is 0.0313. The number of halogens is 1. The molecule has 17 heavy (non-hydrogen) atoms. The van der Waals surface area contributed by atoms with Crippen molar-refractivity contribution in [3.05, 3.63) is 29.8 Å². The number of rotatable bonds is 3. The van der Waals surface area contributed by atoms with Crippen LogP contribution in [0.4, 0.5) is 10.5 Å². The third-order valence-electron chi connectivity index (χ3n) is 1.99. The normalized spacial score (nSPS) is 11.5. The number of amides is 1. The van der Waals surface area contributed by atoms with E-state index in [2.05, 4.69) is 15.3 Å². The molecule has 0 saturated heterocycles. The molecule has 0 bridgehead atoms. The van der Waals surface area contributed by atoms with Crippen LogP contribution in [-0.2, 0) is 4.84 Å². The van der Waals surface area contributed by atoms with Crippen molar-refractivity contribution in [3.8, 4) is 0 Å². The molecular weight excluding hydrogens is 240 g/mol. The van der Waals surface area contributed by atoms with Gasteiger partial charge in [-0.3, -0.25) is 10.2 Å². The molecule has 92 valence electrons. The second kappa shape index (κ2) is 6.25. The maximum absolute atomic E-state index is 11.3. The van der Waals surface area contributed by atoms with Gasteiger partial charge < -0.3 is 0 Å². The fraction of sp³-hybridized carbons (Fsp3) is 0.333. The van der Waals surface area contributed by atoms with Crippen molar-refractivity contribution in [2.75, 3.05) is 5.32 Å². The molecule has 0 fully saturated rings. The number of hydrogen-bond donors (Lipinski definition) is 1. The van der Waals surface area contributed by atoms with Crippen molar-refractivity contribution in [3.63, 3.8) is 0 Å². The van der Waals surface area contributed by atoms with Gasteiger partial charge in [-0.2, -0.15) is 0 Å². The number of anilines is 1. The van der Waals surface area contributed by atoms with E-state index >= 15 is 0 Å². The first-order valence-electron chi connectivity index (χ1n) is 5.27. The van der Waals surface area contributed by atoms with Crippen molar-refractivity contribution in [2.24, 2.45) is 11.1 Å². The van der Waals surface area contributed by atoms with Crippen molar-refractivity contribution < 1.29 is 9.63 Å². The minimum Gasteiger partial charge on any atom is -0.297 e. The fourth-order valence-corrected chi connectivity index (χ4v) is 1.00. The minimum absolute atomic E-state index is 0.0313. The zero-order valence-corrected chi connectivity index (χ0v) is 10.8. The Labute approximate surface area is 106 Å². The Bertz CT molecular complexity index is 413. The Hall–Kier alpha value is -1.55. The lowest BCUT2D eigenvalue weighted by molar-refractivity contribution is 0.166. The number of hydrogen-bond acceptors (Lipinski definition) is 3. The zero-order chi connectivity index (χ0) is 12.8. The second-order valence-electron chi connectivity index (χ2n) is 3.94. The van der Waals surface area contributed by atoms with Gasteiger partial charge in [0.1, 0.15) is 5.17 Å². The molecule has 1 amide bonds. The highest BCUT2D eigenvalue weighted by molar-refractivity contribution is 6.65. The van der Waals surface area contributed by atoms with Crippen LogP contribution >= 0.6 is 11.6 Å². The molecule has 1 aromatic rings. The van der Waals surface area contributed by atoms with Crippen molar-refractivity contribution in [1.29, 1.82) is 0 Å². The van der Waals surface area contributed by atoms with Crippen LogP contribution in [0.25, 0.3) is 0 Å². The molecule has 1 aromatic carbocycles. The summed E-state index contributed by atoms with van der Waals surface area (Å²) in [7, 11) is 0. The summed E-state index contributed by atoms with van der Waals surface area (Å²) in [5, 5.41) is 6.30. The average molecular weight is 255 g/mol. The summed E-state index contributed by atoms with van der Waals surface area (Å²) in [5.41, 5.74) is 1.77. The third-order valence-corrected chi connectivity index (χ3v) is 2.50. The molecule has 0 heterocycles. The fourth-order valence-electron chi connectivity index (χ4n) is 0.968. The quantitative estimate of drug-likeness (QED) is 0.507. The lowest BCUT2D eigenvalue weighted by Crippen LogP contribution is -2.12. The molecule has 0 atom stereocenters. The average Bonchev–Trinajstić information content (AvgIpc) is 2.29. The number of carbonyl (C=O) groups is 1. The Morgan fingerprint density at radius 1 is 1.35 bits per heavy atom. The molecule has 0 aliphatic heterocycles. The van der Waals surface area contributed by atoms with Gasteiger partial charge in [0.25, 0.3) is 0 Å². The lowest BCUT2D eigenvalue weighted by atomic mass is 10.2. The summed E-state index contributed by atoms with van der Waals surface area (Å²) in [6.45, 7) is 5.68. The van der Waals surface area contributed by atoms with Crippen LogP contribution in [0.15, 0.2) is 29.4 Å². The summed E-state index contributed by atoms with van der Waals surface area (Å²) in [4.78, 5) is 15.9. The topological polar surface area (TPSA) is 50.7 Å². The van der Waals surface area contributed by atoms with Gasteiger partial charge in [0.2, 0.25) is 0 Å². The predicted octanol–water partition coefficient (Wildman–Crippen LogP) is 3.75. The molecule has 5 heteroatoms. The molecule has 0 aliphatic carbocycles. The van der Waals surface area contributed by atoms with Gasteiger partial charge in [0, 0.05) is 11.6 Å². The smallest absolute Gasteiger partial charge is 0.297 e. The Morgan fingerprint density at radius 2 is 1.94 bits per heavy atom. The van der Waals surface area contributed by atoms with E-state index in [-0.39, 0.29) is 11.1 Å². The monoisotopic (exact) mass is 254 g/mol. The predicted molar refractivity (Wildman–Crippen MR) is 69.4 cm³/mol. The van der Waals surface area contributed by atoms with Gasteiger partial charge in [-0.1, -0.05) is 48.3 Å². The number of aryl methyl sites for hydroxylation is 1. The first-order valence-corrected chi connectivity index (χ1v) is 5.65. The van der Waals surface area contributed by atoms with Crippen molar-refractivity contribution in [2.45, 2.75) is 20.8 Å². The largest absolute Gasteiger partial charge is 0.437 e. The Kier molecular flexibility index (Phi) is 4.97. The van der Waals surface area contributed by atoms with Crippen molar-refractivity contribution in [1.82, 2.24) is 0 Å². The SMILES string of the molecule is Cc1ccc(NC(=O)ON=C(Cl)C(C)C)cc1. The Morgan fingerprint density at radius 3 is 2.47 bits per heavy atom.